The average molecular weight is 301 g/mol. The first kappa shape index (κ1) is 14.7. The number of rotatable bonds is 7. The topological polar surface area (TPSA) is 37.8 Å². The maximum absolute atomic E-state index is 4.34. The highest BCUT2D eigenvalue weighted by Crippen LogP contribution is 2.26. The molecule has 0 amide bonds. The zero-order valence-electron chi connectivity index (χ0n) is 12.8. The van der Waals surface area contributed by atoms with Gasteiger partial charge in [0.2, 0.25) is 0 Å². The van der Waals surface area contributed by atoms with Gasteiger partial charge >= 0.3 is 0 Å². The first-order chi connectivity index (χ1) is 10.2. The normalized spacial score (nSPS) is 14.8. The standard InChI is InChI=1S/C17H23N3S/c1-12(2)13-5-7-14(8-6-13)17-20-19-16(21-17)4-3-11-18-15-9-10-15/h5-8,12,15,18H,3-4,9-11H2,1-2H3. The van der Waals surface area contributed by atoms with Crippen molar-refractivity contribution in [2.24, 2.45) is 0 Å². The van der Waals surface area contributed by atoms with Crippen molar-refractivity contribution in [1.29, 1.82) is 0 Å². The number of hydrogen-bond donors (Lipinski definition) is 1. The molecule has 3 rings (SSSR count). The molecule has 1 aliphatic carbocycles. The van der Waals surface area contributed by atoms with E-state index in [0.717, 1.165) is 35.4 Å². The summed E-state index contributed by atoms with van der Waals surface area (Å²) in [6, 6.07) is 9.51. The van der Waals surface area contributed by atoms with E-state index < -0.39 is 0 Å². The molecule has 0 saturated heterocycles. The molecule has 0 aliphatic heterocycles. The van der Waals surface area contributed by atoms with Crippen LogP contribution >= 0.6 is 11.3 Å². The van der Waals surface area contributed by atoms with Crippen LogP contribution < -0.4 is 5.32 Å². The number of hydrogen-bond acceptors (Lipinski definition) is 4. The molecule has 0 atom stereocenters. The van der Waals surface area contributed by atoms with Crippen molar-refractivity contribution in [2.45, 2.75) is 51.5 Å². The highest BCUT2D eigenvalue weighted by atomic mass is 32.1. The third-order valence-corrected chi connectivity index (χ3v) is 4.90. The van der Waals surface area contributed by atoms with E-state index in [2.05, 4.69) is 53.6 Å². The maximum Gasteiger partial charge on any atom is 0.147 e. The molecule has 21 heavy (non-hydrogen) atoms. The Hall–Kier alpha value is -1.26. The van der Waals surface area contributed by atoms with Gasteiger partial charge in [0, 0.05) is 18.0 Å². The van der Waals surface area contributed by atoms with E-state index in [-0.39, 0.29) is 0 Å². The maximum atomic E-state index is 4.34. The molecular formula is C17H23N3S. The lowest BCUT2D eigenvalue weighted by molar-refractivity contribution is 0.643. The van der Waals surface area contributed by atoms with Gasteiger partial charge in [0.25, 0.3) is 0 Å². The van der Waals surface area contributed by atoms with Crippen molar-refractivity contribution in [3.8, 4) is 10.6 Å². The second kappa shape index (κ2) is 6.67. The second-order valence-corrected chi connectivity index (χ2v) is 7.17. The van der Waals surface area contributed by atoms with E-state index in [0.29, 0.717) is 5.92 Å². The van der Waals surface area contributed by atoms with E-state index in [4.69, 9.17) is 0 Å². The van der Waals surface area contributed by atoms with Crippen LogP contribution in [-0.4, -0.2) is 22.8 Å². The molecule has 1 aliphatic rings. The predicted octanol–water partition coefficient (Wildman–Crippen LogP) is 4.01. The first-order valence-corrected chi connectivity index (χ1v) is 8.70. The summed E-state index contributed by atoms with van der Waals surface area (Å²) in [7, 11) is 0. The highest BCUT2D eigenvalue weighted by molar-refractivity contribution is 7.14. The van der Waals surface area contributed by atoms with Crippen LogP contribution in [0, 0.1) is 0 Å². The van der Waals surface area contributed by atoms with Gasteiger partial charge in [0.1, 0.15) is 10.0 Å². The van der Waals surface area contributed by atoms with Gasteiger partial charge in [0.15, 0.2) is 0 Å². The van der Waals surface area contributed by atoms with Gasteiger partial charge in [-0.3, -0.25) is 0 Å². The SMILES string of the molecule is CC(C)c1ccc(-c2nnc(CCCNC3CC3)s2)cc1. The molecule has 1 aromatic carbocycles. The van der Waals surface area contributed by atoms with Gasteiger partial charge in [-0.25, -0.2) is 0 Å². The summed E-state index contributed by atoms with van der Waals surface area (Å²) in [6.45, 7) is 5.53. The Labute approximate surface area is 130 Å². The van der Waals surface area contributed by atoms with Crippen LogP contribution in [0.3, 0.4) is 0 Å². The van der Waals surface area contributed by atoms with Crippen molar-refractivity contribution in [3.63, 3.8) is 0 Å². The van der Waals surface area contributed by atoms with E-state index in [1.54, 1.807) is 11.3 Å². The molecular weight excluding hydrogens is 278 g/mol. The third kappa shape index (κ3) is 4.11. The monoisotopic (exact) mass is 301 g/mol. The Bertz CT molecular complexity index is 570. The molecule has 0 unspecified atom stereocenters. The van der Waals surface area contributed by atoms with Crippen LogP contribution in [0.1, 0.15) is 49.6 Å². The summed E-state index contributed by atoms with van der Waals surface area (Å²) < 4.78 is 0. The predicted molar refractivity (Wildman–Crippen MR) is 88.8 cm³/mol. The van der Waals surface area contributed by atoms with Crippen molar-refractivity contribution in [3.05, 3.63) is 34.8 Å². The Morgan fingerprint density at radius 3 is 2.62 bits per heavy atom. The van der Waals surface area contributed by atoms with Crippen molar-refractivity contribution >= 4 is 11.3 Å². The average Bonchev–Trinajstić information content (AvgIpc) is 3.20. The molecule has 4 heteroatoms. The molecule has 1 fully saturated rings. The van der Waals surface area contributed by atoms with Gasteiger partial charge in [-0.1, -0.05) is 49.4 Å². The Morgan fingerprint density at radius 2 is 1.95 bits per heavy atom. The molecule has 1 N–H and O–H groups in total. The quantitative estimate of drug-likeness (QED) is 0.785. The van der Waals surface area contributed by atoms with Crippen LogP contribution in [0.4, 0.5) is 0 Å². The van der Waals surface area contributed by atoms with Crippen LogP contribution in [0.2, 0.25) is 0 Å². The summed E-state index contributed by atoms with van der Waals surface area (Å²) in [5.41, 5.74) is 2.55. The summed E-state index contributed by atoms with van der Waals surface area (Å²) in [4.78, 5) is 0. The van der Waals surface area contributed by atoms with Gasteiger partial charge in [-0.15, -0.1) is 10.2 Å². The lowest BCUT2D eigenvalue weighted by Gasteiger charge is -2.04. The Balaban J connectivity index is 1.55. The minimum atomic E-state index is 0.572. The van der Waals surface area contributed by atoms with Gasteiger partial charge in [0.05, 0.1) is 0 Å². The van der Waals surface area contributed by atoms with Crippen LogP contribution in [0.25, 0.3) is 10.6 Å². The molecule has 2 aromatic rings. The molecule has 112 valence electrons. The molecule has 1 heterocycles. The number of nitrogens with zero attached hydrogens (tertiary/aromatic N) is 2. The number of benzene rings is 1. The second-order valence-electron chi connectivity index (χ2n) is 6.11. The fraction of sp³-hybridized carbons (Fsp3) is 0.529. The lowest BCUT2D eigenvalue weighted by atomic mass is 10.0. The summed E-state index contributed by atoms with van der Waals surface area (Å²) in [5.74, 6) is 0.572. The van der Waals surface area contributed by atoms with E-state index in [1.165, 1.54) is 24.0 Å². The third-order valence-electron chi connectivity index (χ3n) is 3.87. The number of nitrogens with one attached hydrogen (secondary N) is 1. The molecule has 0 bridgehead atoms. The number of aromatic nitrogens is 2. The fourth-order valence-corrected chi connectivity index (χ4v) is 3.20. The smallest absolute Gasteiger partial charge is 0.147 e. The molecule has 1 saturated carbocycles. The van der Waals surface area contributed by atoms with E-state index >= 15 is 0 Å². The van der Waals surface area contributed by atoms with Crippen molar-refractivity contribution in [2.75, 3.05) is 6.54 Å². The van der Waals surface area contributed by atoms with Crippen LogP contribution in [-0.2, 0) is 6.42 Å². The van der Waals surface area contributed by atoms with Gasteiger partial charge in [-0.05, 0) is 37.3 Å². The number of aryl methyl sites for hydroxylation is 1. The largest absolute Gasteiger partial charge is 0.314 e. The van der Waals surface area contributed by atoms with Crippen molar-refractivity contribution in [1.82, 2.24) is 15.5 Å². The summed E-state index contributed by atoms with van der Waals surface area (Å²) >= 11 is 1.72. The summed E-state index contributed by atoms with van der Waals surface area (Å²) in [5, 5.41) is 14.4. The molecule has 1 aromatic heterocycles. The lowest BCUT2D eigenvalue weighted by Crippen LogP contribution is -2.17. The molecule has 0 radical (unpaired) electrons. The van der Waals surface area contributed by atoms with Crippen LogP contribution in [0.15, 0.2) is 24.3 Å². The molecule has 0 spiro atoms. The minimum Gasteiger partial charge on any atom is -0.314 e. The van der Waals surface area contributed by atoms with Gasteiger partial charge in [-0.2, -0.15) is 0 Å². The van der Waals surface area contributed by atoms with Gasteiger partial charge < -0.3 is 5.32 Å². The summed E-state index contributed by atoms with van der Waals surface area (Å²) in [6.07, 6.45) is 4.89. The van der Waals surface area contributed by atoms with E-state index in [1.807, 2.05) is 0 Å². The minimum absolute atomic E-state index is 0.572. The van der Waals surface area contributed by atoms with Crippen molar-refractivity contribution < 1.29 is 0 Å². The highest BCUT2D eigenvalue weighted by Gasteiger charge is 2.19. The Kier molecular flexibility index (Phi) is 4.66. The first-order valence-electron chi connectivity index (χ1n) is 7.88. The zero-order valence-corrected chi connectivity index (χ0v) is 13.6. The van der Waals surface area contributed by atoms with E-state index in [9.17, 15) is 0 Å². The fourth-order valence-electron chi connectivity index (χ4n) is 2.32. The van der Waals surface area contributed by atoms with Crippen LogP contribution in [0.5, 0.6) is 0 Å². The molecule has 3 nitrogen and oxygen atoms in total. The zero-order chi connectivity index (χ0) is 14.7. The Morgan fingerprint density at radius 1 is 1.19 bits per heavy atom.